The third-order valence-corrected chi connectivity index (χ3v) is 4.86. The third-order valence-electron chi connectivity index (χ3n) is 3.94. The lowest BCUT2D eigenvalue weighted by Crippen LogP contribution is -2.14. The lowest BCUT2D eigenvalue weighted by atomic mass is 10.2. The molecule has 1 heterocycles. The Morgan fingerprint density at radius 2 is 1.70 bits per heavy atom. The van der Waals surface area contributed by atoms with Gasteiger partial charge in [-0.05, 0) is 34.7 Å². The van der Waals surface area contributed by atoms with E-state index >= 15 is 0 Å². The molecule has 0 radical (unpaired) electrons. The van der Waals surface area contributed by atoms with Crippen LogP contribution in [0.15, 0.2) is 47.6 Å². The molecule has 2 aromatic carbocycles. The zero-order chi connectivity index (χ0) is 21.5. The summed E-state index contributed by atoms with van der Waals surface area (Å²) in [5.74, 6) is 0.540. The molecule has 1 N–H and O–H groups in total. The molecule has 0 spiro atoms. The number of carbonyl (C=O) groups is 2. The molecule has 3 aromatic rings. The highest BCUT2D eigenvalue weighted by Gasteiger charge is 2.13. The molecule has 0 aliphatic rings. The molecule has 0 bridgehead atoms. The van der Waals surface area contributed by atoms with E-state index in [1.54, 1.807) is 42.5 Å². The molecule has 10 nitrogen and oxygen atoms in total. The van der Waals surface area contributed by atoms with Crippen LogP contribution >= 0.6 is 11.8 Å². The van der Waals surface area contributed by atoms with E-state index in [-0.39, 0.29) is 11.7 Å². The van der Waals surface area contributed by atoms with E-state index in [4.69, 9.17) is 9.47 Å². The van der Waals surface area contributed by atoms with Crippen LogP contribution in [0.25, 0.3) is 5.69 Å². The van der Waals surface area contributed by atoms with Crippen LogP contribution in [0.3, 0.4) is 0 Å². The summed E-state index contributed by atoms with van der Waals surface area (Å²) in [6.45, 7) is 0. The van der Waals surface area contributed by atoms with Crippen molar-refractivity contribution in [3.8, 4) is 17.2 Å². The van der Waals surface area contributed by atoms with Gasteiger partial charge in [0.05, 0.1) is 38.3 Å². The number of rotatable bonds is 8. The van der Waals surface area contributed by atoms with E-state index in [2.05, 4.69) is 25.6 Å². The monoisotopic (exact) mass is 429 g/mol. The van der Waals surface area contributed by atoms with Gasteiger partial charge in [0.2, 0.25) is 11.1 Å². The first-order valence-electron chi connectivity index (χ1n) is 8.67. The summed E-state index contributed by atoms with van der Waals surface area (Å²) in [5, 5.41) is 14.8. The summed E-state index contributed by atoms with van der Waals surface area (Å²) in [6.07, 6.45) is 0. The van der Waals surface area contributed by atoms with Crippen molar-refractivity contribution in [1.29, 1.82) is 0 Å². The van der Waals surface area contributed by atoms with Crippen LogP contribution in [0, 0.1) is 0 Å². The Kier molecular flexibility index (Phi) is 6.86. The molecule has 3 rings (SSSR count). The number of carbonyl (C=O) groups excluding carboxylic acids is 2. The summed E-state index contributed by atoms with van der Waals surface area (Å²) in [6, 6.07) is 11.7. The summed E-state index contributed by atoms with van der Waals surface area (Å²) in [5.41, 5.74) is 1.61. The van der Waals surface area contributed by atoms with Crippen LogP contribution in [-0.2, 0) is 9.53 Å². The van der Waals surface area contributed by atoms with Crippen molar-refractivity contribution in [3.63, 3.8) is 0 Å². The molecule has 1 amide bonds. The van der Waals surface area contributed by atoms with Gasteiger partial charge in [-0.25, -0.2) is 4.79 Å². The maximum absolute atomic E-state index is 12.4. The van der Waals surface area contributed by atoms with Crippen LogP contribution in [0.5, 0.6) is 11.5 Å². The van der Waals surface area contributed by atoms with E-state index in [1.807, 2.05) is 0 Å². The first-order chi connectivity index (χ1) is 14.5. The summed E-state index contributed by atoms with van der Waals surface area (Å²) in [4.78, 5) is 23.9. The first kappa shape index (κ1) is 21.1. The van der Waals surface area contributed by atoms with Gasteiger partial charge in [-0.2, -0.15) is 4.68 Å². The van der Waals surface area contributed by atoms with E-state index in [0.29, 0.717) is 33.6 Å². The molecule has 0 saturated carbocycles. The molecule has 1 aromatic heterocycles. The molecule has 11 heteroatoms. The highest BCUT2D eigenvalue weighted by molar-refractivity contribution is 7.99. The minimum atomic E-state index is -0.432. The minimum Gasteiger partial charge on any atom is -0.497 e. The van der Waals surface area contributed by atoms with Gasteiger partial charge in [0, 0.05) is 23.9 Å². The molecule has 0 aliphatic carbocycles. The molecule has 156 valence electrons. The van der Waals surface area contributed by atoms with Gasteiger partial charge < -0.3 is 19.5 Å². The fraction of sp³-hybridized carbons (Fsp3) is 0.211. The molecular weight excluding hydrogens is 410 g/mol. The Morgan fingerprint density at radius 1 is 1.03 bits per heavy atom. The largest absolute Gasteiger partial charge is 0.497 e. The number of esters is 1. The van der Waals surface area contributed by atoms with E-state index < -0.39 is 5.97 Å². The van der Waals surface area contributed by atoms with Crippen molar-refractivity contribution < 1.29 is 23.8 Å². The maximum Gasteiger partial charge on any atom is 0.337 e. The van der Waals surface area contributed by atoms with Gasteiger partial charge in [0.25, 0.3) is 0 Å². The fourth-order valence-electron chi connectivity index (χ4n) is 2.49. The number of ether oxygens (including phenoxy) is 3. The number of thioether (sulfide) groups is 1. The lowest BCUT2D eigenvalue weighted by Gasteiger charge is -2.10. The third kappa shape index (κ3) is 5.06. The highest BCUT2D eigenvalue weighted by Crippen LogP contribution is 2.26. The van der Waals surface area contributed by atoms with Crippen LogP contribution in [0.4, 0.5) is 5.69 Å². The van der Waals surface area contributed by atoms with Crippen molar-refractivity contribution in [1.82, 2.24) is 20.2 Å². The molecule has 0 fully saturated rings. The number of methoxy groups -OCH3 is 3. The summed E-state index contributed by atoms with van der Waals surface area (Å²) < 4.78 is 16.6. The average molecular weight is 429 g/mol. The lowest BCUT2D eigenvalue weighted by molar-refractivity contribution is -0.113. The predicted molar refractivity (Wildman–Crippen MR) is 109 cm³/mol. The summed E-state index contributed by atoms with van der Waals surface area (Å²) in [7, 11) is 4.39. The van der Waals surface area contributed by atoms with Crippen LogP contribution in [0.2, 0.25) is 0 Å². The molecule has 30 heavy (non-hydrogen) atoms. The maximum atomic E-state index is 12.4. The topological polar surface area (TPSA) is 117 Å². The van der Waals surface area contributed by atoms with Crippen LogP contribution in [0.1, 0.15) is 10.4 Å². The van der Waals surface area contributed by atoms with Crippen molar-refractivity contribution >= 4 is 29.3 Å². The number of aromatic nitrogens is 4. The number of anilines is 1. The quantitative estimate of drug-likeness (QED) is 0.425. The Balaban J connectivity index is 1.65. The number of nitrogens with one attached hydrogen (secondary N) is 1. The minimum absolute atomic E-state index is 0.0835. The molecule has 0 unspecified atom stereocenters. The van der Waals surface area contributed by atoms with Gasteiger partial charge in [-0.1, -0.05) is 11.8 Å². The number of tetrazole rings is 1. The first-order valence-corrected chi connectivity index (χ1v) is 9.65. The van der Waals surface area contributed by atoms with Gasteiger partial charge in [0.1, 0.15) is 11.5 Å². The molecule has 0 aliphatic heterocycles. The zero-order valence-electron chi connectivity index (χ0n) is 16.5. The van der Waals surface area contributed by atoms with Crippen molar-refractivity contribution in [3.05, 3.63) is 48.0 Å². The van der Waals surface area contributed by atoms with Gasteiger partial charge in [-0.3, -0.25) is 4.79 Å². The molecular formula is C19H19N5O5S. The number of hydrogen-bond donors (Lipinski definition) is 1. The second-order valence-electron chi connectivity index (χ2n) is 5.85. The van der Waals surface area contributed by atoms with Crippen LogP contribution < -0.4 is 14.8 Å². The molecule has 0 saturated heterocycles. The smallest absolute Gasteiger partial charge is 0.337 e. The van der Waals surface area contributed by atoms with Gasteiger partial charge in [0.15, 0.2) is 0 Å². The number of amides is 1. The van der Waals surface area contributed by atoms with Crippen molar-refractivity contribution in [2.75, 3.05) is 32.4 Å². The van der Waals surface area contributed by atoms with Crippen molar-refractivity contribution in [2.45, 2.75) is 5.16 Å². The van der Waals surface area contributed by atoms with Gasteiger partial charge in [-0.15, -0.1) is 5.10 Å². The second-order valence-corrected chi connectivity index (χ2v) is 6.79. The summed E-state index contributed by atoms with van der Waals surface area (Å²) >= 11 is 1.17. The normalized spacial score (nSPS) is 10.4. The second kappa shape index (κ2) is 9.74. The number of hydrogen-bond acceptors (Lipinski definition) is 9. The van der Waals surface area contributed by atoms with Gasteiger partial charge >= 0.3 is 5.97 Å². The Bertz CT molecular complexity index is 1020. The zero-order valence-corrected chi connectivity index (χ0v) is 17.3. The average Bonchev–Trinajstić information content (AvgIpc) is 3.25. The molecule has 0 atom stereocenters. The Hall–Kier alpha value is -3.60. The Morgan fingerprint density at radius 3 is 2.30 bits per heavy atom. The van der Waals surface area contributed by atoms with E-state index in [1.165, 1.54) is 37.8 Å². The van der Waals surface area contributed by atoms with E-state index in [0.717, 1.165) is 0 Å². The fourth-order valence-corrected chi connectivity index (χ4v) is 3.19. The van der Waals surface area contributed by atoms with Crippen molar-refractivity contribution in [2.24, 2.45) is 0 Å². The SMILES string of the molecule is COC(=O)c1ccc(-n2nnnc2SCC(=O)Nc2cc(OC)cc(OC)c2)cc1. The number of nitrogens with zero attached hydrogens (tertiary/aromatic N) is 4. The Labute approximate surface area is 176 Å². The predicted octanol–water partition coefficient (Wildman–Crippen LogP) is 2.20. The van der Waals surface area contributed by atoms with Crippen LogP contribution in [-0.4, -0.2) is 59.2 Å². The highest BCUT2D eigenvalue weighted by atomic mass is 32.2. The standard InChI is InChI=1S/C19H19N5O5S/c1-27-15-8-13(9-16(10-15)28-2)20-17(25)11-30-19-21-22-23-24(19)14-6-4-12(5-7-14)18(26)29-3/h4-10H,11H2,1-3H3,(H,20,25). The number of benzene rings is 2. The van der Waals surface area contributed by atoms with E-state index in [9.17, 15) is 9.59 Å².